The number of sulfone groups is 2. The van der Waals surface area contributed by atoms with Gasteiger partial charge < -0.3 is 29.4 Å². The fourth-order valence-electron chi connectivity index (χ4n) is 13.8. The van der Waals surface area contributed by atoms with E-state index in [2.05, 4.69) is 83.9 Å². The highest BCUT2D eigenvalue weighted by Crippen LogP contribution is 2.28. The van der Waals surface area contributed by atoms with Crippen molar-refractivity contribution in [3.63, 3.8) is 0 Å². The predicted molar refractivity (Wildman–Crippen MR) is 401 cm³/mol. The van der Waals surface area contributed by atoms with Gasteiger partial charge in [-0.05, 0) is 174 Å². The highest BCUT2D eigenvalue weighted by atomic mass is 35.5. The van der Waals surface area contributed by atoms with Crippen LogP contribution in [0.3, 0.4) is 0 Å². The third-order valence-corrected chi connectivity index (χ3v) is 24.4. The molecule has 5 atom stereocenters. The van der Waals surface area contributed by atoms with Crippen LogP contribution in [0, 0.1) is 54.3 Å². The van der Waals surface area contributed by atoms with Crippen LogP contribution in [-0.2, 0) is 49.3 Å². The monoisotopic (exact) mass is 1420 g/mol. The second kappa shape index (κ2) is 42.8. The molecule has 7 saturated heterocycles. The van der Waals surface area contributed by atoms with Crippen LogP contribution in [0.4, 0.5) is 0 Å². The van der Waals surface area contributed by atoms with Gasteiger partial charge in [0.1, 0.15) is 15.2 Å². The molecule has 2 aromatic rings. The third kappa shape index (κ3) is 30.2. The number of nitrogens with zero attached hydrogens (tertiary/aromatic N) is 7. The molecule has 1 N–H and O–H groups in total. The maximum atomic E-state index is 12.4. The lowest BCUT2D eigenvalue weighted by molar-refractivity contribution is -0.132. The molecular weight excluding hydrogens is 1290 g/mol. The van der Waals surface area contributed by atoms with E-state index >= 15 is 0 Å². The van der Waals surface area contributed by atoms with Crippen LogP contribution in [0.25, 0.3) is 0 Å². The molecule has 17 nitrogen and oxygen atoms in total. The average molecular weight is 1420 g/mol. The number of aliphatic hydroxyl groups excluding tert-OH is 1. The van der Waals surface area contributed by atoms with Gasteiger partial charge in [-0.3, -0.25) is 33.9 Å². The van der Waals surface area contributed by atoms with E-state index < -0.39 is 19.7 Å². The van der Waals surface area contributed by atoms with Gasteiger partial charge in [0.15, 0.2) is 9.84 Å². The number of aryl methyl sites for hydroxylation is 1. The molecule has 4 amide bonds. The van der Waals surface area contributed by atoms with Crippen molar-refractivity contribution in [3.05, 3.63) is 102 Å². The lowest BCUT2D eigenvalue weighted by Gasteiger charge is -2.35. The second-order valence-corrected chi connectivity index (χ2v) is 35.5. The van der Waals surface area contributed by atoms with Gasteiger partial charge in [0.2, 0.25) is 23.6 Å². The Hall–Kier alpha value is -4.47. The van der Waals surface area contributed by atoms with Crippen LogP contribution in [0.15, 0.2) is 89.9 Å². The number of β-amino-alcohol motifs (C(OH)–C–C–N with tert-alkyl or cyclic N) is 1. The molecule has 7 fully saturated rings. The van der Waals surface area contributed by atoms with Gasteiger partial charge in [-0.1, -0.05) is 129 Å². The summed E-state index contributed by atoms with van der Waals surface area (Å²) in [5.74, 6) is 6.19. The summed E-state index contributed by atoms with van der Waals surface area (Å²) in [6.45, 7) is 42.1. The molecule has 0 spiro atoms. The Morgan fingerprint density at radius 2 is 0.939 bits per heavy atom. The summed E-state index contributed by atoms with van der Waals surface area (Å²) in [7, 11) is -6.19. The van der Waals surface area contributed by atoms with Gasteiger partial charge in [-0.15, -0.1) is 11.6 Å². The number of ether oxygens (including phenoxy) is 1. The topological polar surface area (TPSA) is 189 Å². The molecule has 0 saturated carbocycles. The highest BCUT2D eigenvalue weighted by Gasteiger charge is 2.31. The number of likely N-dealkylation sites (tertiary alicyclic amines) is 6. The van der Waals surface area contributed by atoms with Crippen molar-refractivity contribution >= 4 is 54.9 Å². The number of halogens is 1. The number of carbonyl (C=O) groups excluding carboxylic acids is 4. The maximum absolute atomic E-state index is 12.4. The molecule has 5 unspecified atom stereocenters. The van der Waals surface area contributed by atoms with Crippen molar-refractivity contribution in [2.75, 3.05) is 131 Å². The first kappa shape index (κ1) is 84.2. The quantitative estimate of drug-likeness (QED) is 0.103. The Balaban J connectivity index is 0.000000223. The normalized spacial score (nSPS) is 22.6. The van der Waals surface area contributed by atoms with E-state index in [9.17, 15) is 41.1 Å². The number of benzene rings is 2. The zero-order valence-corrected chi connectivity index (χ0v) is 64.8. The second-order valence-electron chi connectivity index (χ2n) is 30.5. The van der Waals surface area contributed by atoms with E-state index in [1.165, 1.54) is 37.5 Å². The Morgan fingerprint density at radius 3 is 1.35 bits per heavy atom. The summed E-state index contributed by atoms with van der Waals surface area (Å²) >= 11 is 5.80. The number of aliphatic hydroxyl groups is 1. The molecule has 9 rings (SSSR count). The van der Waals surface area contributed by atoms with E-state index in [1.807, 2.05) is 81.1 Å². The molecule has 7 aliphatic heterocycles. The average Bonchev–Trinajstić information content (AvgIpc) is 0.845. The molecule has 0 aromatic heterocycles. The summed E-state index contributed by atoms with van der Waals surface area (Å²) < 4.78 is 53.4. The molecule has 554 valence electrons. The first-order valence-corrected chi connectivity index (χ1v) is 41.2. The van der Waals surface area contributed by atoms with E-state index in [0.29, 0.717) is 71.0 Å². The number of carbonyl (C=O) groups is 4. The lowest BCUT2D eigenvalue weighted by Crippen LogP contribution is -2.50. The SMILES string of the molecule is CC(C)C1CCCN(C(=O)/C=C/CN2CC(O)C2)C1.CC(C)C1CCCN(C(=O)/C=C/CN2CCC(S(C)(=O)=O)CC2)C1.CC(C)C1CCCN(C(=O)/C=C/CN2CCCOCC2)C1.CC(Cl)C(=O)N1CCCC(C(C)C)C1.Cc1ccc(S(=O)(=O)Cc2cccc(C(C)C)c2)cc1. The first-order chi connectivity index (χ1) is 46.4. The molecule has 7 heterocycles. The predicted octanol–water partition coefficient (Wildman–Crippen LogP) is 11.8. The van der Waals surface area contributed by atoms with Gasteiger partial charge in [-0.2, -0.15) is 0 Å². The Bertz CT molecular complexity index is 3020. The zero-order valence-electron chi connectivity index (χ0n) is 62.4. The van der Waals surface area contributed by atoms with Gasteiger partial charge in [0.05, 0.1) is 28.6 Å². The van der Waals surface area contributed by atoms with Gasteiger partial charge >= 0.3 is 0 Å². The van der Waals surface area contributed by atoms with Crippen LogP contribution in [0.5, 0.6) is 0 Å². The van der Waals surface area contributed by atoms with E-state index in [0.717, 1.165) is 168 Å². The first-order valence-electron chi connectivity index (χ1n) is 37.2. The van der Waals surface area contributed by atoms with Crippen molar-refractivity contribution in [2.45, 2.75) is 187 Å². The highest BCUT2D eigenvalue weighted by molar-refractivity contribution is 7.91. The maximum Gasteiger partial charge on any atom is 0.246 e. The van der Waals surface area contributed by atoms with Crippen molar-refractivity contribution < 1.29 is 45.9 Å². The number of piperidine rings is 5. The summed E-state index contributed by atoms with van der Waals surface area (Å²) in [6, 6.07) is 14.8. The molecular formula is C78H128ClN7O10S2. The number of alkyl halides is 1. The molecule has 0 radical (unpaired) electrons. The smallest absolute Gasteiger partial charge is 0.246 e. The van der Waals surface area contributed by atoms with E-state index in [-0.39, 0.29) is 46.1 Å². The Morgan fingerprint density at radius 1 is 0.520 bits per heavy atom. The summed E-state index contributed by atoms with van der Waals surface area (Å²) in [6.07, 6.45) is 24.2. The standard InChI is InChI=1S/C18H32N2O3S.C17H30N2O2.C17H20O2S.C15H26N2O2.C11H20ClNO/c1-15(2)16-6-4-11-20(14-16)18(21)7-5-10-19-12-8-17(9-13-19)24(3,22)23;1-15(2)16-6-3-10-19(14-16)17(20)7-4-8-18-9-5-12-21-13-11-18;1-13(2)16-6-4-5-15(11-16)12-20(18,19)17-9-7-14(3)8-10-17;1-12(2)13-5-3-8-17(9-13)15(19)6-4-7-16-10-14(18)11-16;1-8(2)10-5-4-6-13(7-10)11(14)9(3)12/h5,7,15-17H,4,6,8-14H2,1-3H3;4,7,15-16H,3,5-6,8-14H2,1-2H3;4-11,13H,12H2,1-3H3;4,6,12-14,18H,3,5,7-11H2,1-2H3;8-10H,4-7H2,1-3H3/b7-5+;7-4+;;6-4+;. The van der Waals surface area contributed by atoms with Crippen molar-refractivity contribution in [1.29, 1.82) is 0 Å². The van der Waals surface area contributed by atoms with Crippen LogP contribution in [0.1, 0.15) is 169 Å². The van der Waals surface area contributed by atoms with Gasteiger partial charge in [0, 0.05) is 129 Å². The van der Waals surface area contributed by atoms with Crippen molar-refractivity contribution in [2.24, 2.45) is 47.3 Å². The number of rotatable bonds is 19. The summed E-state index contributed by atoms with van der Waals surface area (Å²) in [5, 5.41) is 8.60. The Labute approximate surface area is 598 Å². The summed E-state index contributed by atoms with van der Waals surface area (Å²) in [5.41, 5.74) is 3.07. The summed E-state index contributed by atoms with van der Waals surface area (Å²) in [4.78, 5) is 63.3. The third-order valence-electron chi connectivity index (χ3n) is 20.8. The molecule has 7 aliphatic rings. The molecule has 98 heavy (non-hydrogen) atoms. The molecule has 20 heteroatoms. The van der Waals surface area contributed by atoms with Gasteiger partial charge in [0.25, 0.3) is 0 Å². The van der Waals surface area contributed by atoms with Crippen LogP contribution in [0.2, 0.25) is 0 Å². The van der Waals surface area contributed by atoms with Crippen molar-refractivity contribution in [1.82, 2.24) is 34.3 Å². The minimum Gasteiger partial charge on any atom is -0.390 e. The number of amides is 4. The fourth-order valence-corrected chi connectivity index (χ4v) is 16.3. The lowest BCUT2D eigenvalue weighted by atomic mass is 9.88. The van der Waals surface area contributed by atoms with Crippen LogP contribution >= 0.6 is 11.6 Å². The minimum atomic E-state index is -3.27. The van der Waals surface area contributed by atoms with Crippen LogP contribution in [-0.4, -0.2) is 227 Å². The Kier molecular flexibility index (Phi) is 36.8. The van der Waals surface area contributed by atoms with E-state index in [1.54, 1.807) is 37.3 Å². The van der Waals surface area contributed by atoms with E-state index in [4.69, 9.17) is 16.3 Å². The van der Waals surface area contributed by atoms with Crippen LogP contribution < -0.4 is 0 Å². The molecule has 0 aliphatic carbocycles. The fraction of sp³-hybridized carbons (Fsp3) is 0.718. The zero-order chi connectivity index (χ0) is 72.1. The van der Waals surface area contributed by atoms with Crippen molar-refractivity contribution in [3.8, 4) is 0 Å². The van der Waals surface area contributed by atoms with Gasteiger partial charge in [-0.25, -0.2) is 16.8 Å². The molecule has 2 aromatic carbocycles. The molecule has 0 bridgehead atoms. The largest absolute Gasteiger partial charge is 0.390 e. The number of hydrogen-bond acceptors (Lipinski definition) is 13. The minimum absolute atomic E-state index is 0.0522. The number of hydrogen-bond donors (Lipinski definition) is 1.